The van der Waals surface area contributed by atoms with Crippen LogP contribution < -0.4 is 39.2 Å². The van der Waals surface area contributed by atoms with Gasteiger partial charge >= 0.3 is 35.5 Å². The number of allylic oxidation sites excluding steroid dienone is 8. The molecule has 0 unspecified atom stereocenters. The Kier molecular flexibility index (Phi) is 17.9. The van der Waals surface area contributed by atoms with Crippen molar-refractivity contribution in [3.8, 4) is 5.75 Å². The zero-order valence-corrected chi connectivity index (χ0v) is 44.3. The molecule has 0 atom stereocenters. The van der Waals surface area contributed by atoms with Crippen LogP contribution in [0.25, 0.3) is 21.5 Å². The molecule has 4 aromatic rings. The molecular weight excluding hydrogens is 942 g/mol. The third-order valence-corrected chi connectivity index (χ3v) is 14.6. The van der Waals surface area contributed by atoms with Crippen LogP contribution in [0.2, 0.25) is 0 Å². The molecule has 0 spiro atoms. The van der Waals surface area contributed by atoms with Crippen LogP contribution in [-0.4, -0.2) is 90.3 Å². The molecule has 0 N–H and O–H groups in total. The number of imide groups is 1. The van der Waals surface area contributed by atoms with Gasteiger partial charge in [0, 0.05) is 78.2 Å². The Labute approximate surface area is 433 Å². The van der Waals surface area contributed by atoms with Gasteiger partial charge in [0.25, 0.3) is 11.8 Å². The van der Waals surface area contributed by atoms with Crippen molar-refractivity contribution in [2.24, 2.45) is 0 Å². The van der Waals surface area contributed by atoms with E-state index in [2.05, 4.69) is 85.7 Å². The number of rotatable bonds is 22. The van der Waals surface area contributed by atoms with Crippen molar-refractivity contribution in [2.45, 2.75) is 103 Å². The van der Waals surface area contributed by atoms with E-state index in [1.165, 1.54) is 5.56 Å². The van der Waals surface area contributed by atoms with Gasteiger partial charge in [-0.1, -0.05) is 80.6 Å². The number of anilines is 1. The first kappa shape index (κ1) is 54.4. The van der Waals surface area contributed by atoms with Gasteiger partial charge in [-0.2, -0.15) is 4.58 Å². The van der Waals surface area contributed by atoms with Crippen LogP contribution in [0.3, 0.4) is 0 Å². The van der Waals surface area contributed by atoms with Crippen molar-refractivity contribution >= 4 is 76.7 Å². The molecule has 3 aliphatic heterocycles. The largest absolute Gasteiger partial charge is 1.00 e. The van der Waals surface area contributed by atoms with E-state index in [4.69, 9.17) is 9.57 Å². The monoisotopic (exact) mass is 1000 g/mol. The van der Waals surface area contributed by atoms with E-state index < -0.39 is 54.9 Å². The predicted octanol–water partition coefficient (Wildman–Crippen LogP) is 5.92. The molecule has 70 heavy (non-hydrogen) atoms. The first-order chi connectivity index (χ1) is 32.8. The van der Waals surface area contributed by atoms with Crippen LogP contribution in [0.5, 0.6) is 5.75 Å². The van der Waals surface area contributed by atoms with Gasteiger partial charge in [-0.05, 0) is 110 Å². The van der Waals surface area contributed by atoms with Gasteiger partial charge in [0.05, 0.1) is 32.3 Å². The van der Waals surface area contributed by atoms with Crippen molar-refractivity contribution < 1.29 is 84.0 Å². The van der Waals surface area contributed by atoms with Gasteiger partial charge in [0.2, 0.25) is 5.69 Å². The average Bonchev–Trinajstić information content (AvgIpc) is 3.81. The minimum Gasteiger partial charge on any atom is -0.748 e. The molecule has 0 radical (unpaired) electrons. The van der Waals surface area contributed by atoms with Gasteiger partial charge < -0.3 is 23.6 Å². The first-order valence-electron chi connectivity index (χ1n) is 23.6. The van der Waals surface area contributed by atoms with Crippen LogP contribution in [-0.2, 0) is 50.3 Å². The number of nitrogens with zero attached hydrogens (tertiary/aromatic N) is 3. The molecule has 3 heterocycles. The Morgan fingerprint density at radius 3 is 2.09 bits per heavy atom. The molecule has 0 saturated carbocycles. The maximum absolute atomic E-state index is 12.2. The molecule has 1 saturated heterocycles. The molecule has 1 fully saturated rings. The summed E-state index contributed by atoms with van der Waals surface area (Å²) in [5.41, 5.74) is 5.57. The van der Waals surface area contributed by atoms with E-state index in [1.807, 2.05) is 60.7 Å². The standard InChI is InChI=1S/C53H61N3O11S2.Na/c1-52(2)45(54(32-14-17-35-68(60,61)62)43-28-25-38-19-12-13-20-41(38)50(43)52)21-9-6-5-7-10-22-46-53(3,4)51-42-37-40(66-34-16-8-11-23-49(59)67-56-47(57)30-31-48(56)58)27-24-39(42)26-29-44(51)55(46)33-15-18-36-69(63,64)65;/h5-7,9-10,12-13,19-22,24-29,37H,8,11,14-18,23,30-36H2,1-4H3,(H-,60,61,62,63,64,65);/q;+1/p-1. The summed E-state index contributed by atoms with van der Waals surface area (Å²) in [5.74, 6) is -1.76. The van der Waals surface area contributed by atoms with Crippen molar-refractivity contribution in [1.82, 2.24) is 5.06 Å². The quantitative estimate of drug-likeness (QED) is 0.0226. The van der Waals surface area contributed by atoms with Gasteiger partial charge in [0.1, 0.15) is 12.3 Å². The van der Waals surface area contributed by atoms with Gasteiger partial charge in [-0.15, -0.1) is 5.06 Å². The zero-order chi connectivity index (χ0) is 49.6. The first-order valence-corrected chi connectivity index (χ1v) is 26.7. The van der Waals surface area contributed by atoms with Crippen LogP contribution in [0.15, 0.2) is 115 Å². The zero-order valence-electron chi connectivity index (χ0n) is 40.6. The summed E-state index contributed by atoms with van der Waals surface area (Å²) < 4.78 is 76.9. The molecule has 7 rings (SSSR count). The van der Waals surface area contributed by atoms with Crippen LogP contribution >= 0.6 is 0 Å². The SMILES string of the molecule is CC1(C)C(/C=C/C=C/C=C/C=C2/N(CCCCS(=O)(=O)[O-])c3ccc4ccccc4c3C2(C)C)=[N+](CCCCS(=O)(=O)[O-])c2ccc3ccc(OCCCCCC(=O)ON4C(=O)CCC4=O)cc3c21.[Na+]. The topological polar surface area (TPSA) is 194 Å². The fourth-order valence-electron chi connectivity index (χ4n) is 9.80. The number of unbranched alkanes of at least 4 members (excludes halogenated alkanes) is 4. The summed E-state index contributed by atoms with van der Waals surface area (Å²) in [6.45, 7) is 10.2. The molecule has 14 nitrogen and oxygen atoms in total. The number of hydrogen-bond donors (Lipinski definition) is 0. The molecule has 0 aromatic heterocycles. The van der Waals surface area contributed by atoms with Crippen LogP contribution in [0.4, 0.5) is 11.4 Å². The van der Waals surface area contributed by atoms with E-state index in [1.54, 1.807) is 0 Å². The second kappa shape index (κ2) is 23.1. The van der Waals surface area contributed by atoms with Crippen molar-refractivity contribution in [3.05, 3.63) is 126 Å². The number of ether oxygens (including phenoxy) is 1. The molecule has 4 aromatic carbocycles. The number of hydroxylamine groups is 2. The third-order valence-electron chi connectivity index (χ3n) is 13.1. The average molecular weight is 1000 g/mol. The van der Waals surface area contributed by atoms with E-state index in [0.717, 1.165) is 49.9 Å². The van der Waals surface area contributed by atoms with E-state index in [-0.39, 0.29) is 67.1 Å². The number of carbonyl (C=O) groups is 3. The van der Waals surface area contributed by atoms with E-state index >= 15 is 0 Å². The van der Waals surface area contributed by atoms with Crippen molar-refractivity contribution in [1.29, 1.82) is 0 Å². The number of carbonyl (C=O) groups excluding carboxylic acids is 3. The minimum atomic E-state index is -4.35. The summed E-state index contributed by atoms with van der Waals surface area (Å²) in [7, 11) is -8.65. The Morgan fingerprint density at radius 2 is 1.36 bits per heavy atom. The molecule has 366 valence electrons. The van der Waals surface area contributed by atoms with E-state index in [9.17, 15) is 40.3 Å². The van der Waals surface area contributed by atoms with Gasteiger partial charge in [-0.25, -0.2) is 21.6 Å². The summed E-state index contributed by atoms with van der Waals surface area (Å²) >= 11 is 0. The molecule has 3 aliphatic rings. The maximum atomic E-state index is 12.2. The Morgan fingerprint density at radius 1 is 0.714 bits per heavy atom. The second-order valence-corrected chi connectivity index (χ2v) is 21.8. The molecule has 2 amide bonds. The normalized spacial score (nSPS) is 17.3. The fourth-order valence-corrected chi connectivity index (χ4v) is 10.9. The van der Waals surface area contributed by atoms with Crippen molar-refractivity contribution in [2.75, 3.05) is 36.1 Å². The number of hydrogen-bond acceptors (Lipinski definition) is 12. The summed E-state index contributed by atoms with van der Waals surface area (Å²) in [4.78, 5) is 42.9. The molecule has 17 heteroatoms. The van der Waals surface area contributed by atoms with E-state index in [0.29, 0.717) is 62.6 Å². The number of benzene rings is 4. The third kappa shape index (κ3) is 12.9. The summed E-state index contributed by atoms with van der Waals surface area (Å²) in [6.07, 6.45) is 17.6. The predicted molar refractivity (Wildman–Crippen MR) is 265 cm³/mol. The smallest absolute Gasteiger partial charge is 0.748 e. The Balaban J connectivity index is 0.00000804. The molecule has 0 bridgehead atoms. The van der Waals surface area contributed by atoms with Crippen LogP contribution in [0, 0.1) is 0 Å². The second-order valence-electron chi connectivity index (χ2n) is 18.8. The number of fused-ring (bicyclic) bond motifs is 6. The fraction of sp³-hybridized carbons (Fsp3) is 0.396. The summed E-state index contributed by atoms with van der Waals surface area (Å²) in [6, 6.07) is 22.6. The molecular formula is C53H60N3NaO11S2. The van der Waals surface area contributed by atoms with Gasteiger partial charge in [-0.3, -0.25) is 9.59 Å². The van der Waals surface area contributed by atoms with Crippen molar-refractivity contribution in [3.63, 3.8) is 0 Å². The minimum absolute atomic E-state index is 0. The molecule has 0 aliphatic carbocycles. The maximum Gasteiger partial charge on any atom is 1.00 e. The number of amides is 2. The Hall–Kier alpha value is -4.94. The summed E-state index contributed by atoms with van der Waals surface area (Å²) in [5, 5.41) is 4.90. The van der Waals surface area contributed by atoms with Gasteiger partial charge in [0.15, 0.2) is 5.71 Å². The van der Waals surface area contributed by atoms with Crippen LogP contribution in [0.1, 0.15) is 103 Å². The Bertz CT molecular complexity index is 3010.